The van der Waals surface area contributed by atoms with Crippen LogP contribution in [0.15, 0.2) is 29.1 Å². The Labute approximate surface area is 167 Å². The molecule has 3 aromatic rings. The van der Waals surface area contributed by atoms with Crippen molar-refractivity contribution in [2.24, 2.45) is 0 Å². The number of esters is 1. The molecular weight excluding hydrogens is 376 g/mol. The molecule has 3 rings (SSSR count). The standard InChI is InChI=1S/C21H24N2O4S/c1-11(2)15-8-6-7-9-16(15)26-10-17(24)27-13(4)19-22-20(25)18-12(3)14(5)28-21(18)23-19/h6-9,11,13H,10H2,1-5H3,(H,22,23,25)/t13-/m1/s1. The predicted molar refractivity (Wildman–Crippen MR) is 110 cm³/mol. The highest BCUT2D eigenvalue weighted by atomic mass is 32.1. The molecule has 28 heavy (non-hydrogen) atoms. The molecule has 1 aromatic carbocycles. The largest absolute Gasteiger partial charge is 0.482 e. The molecule has 0 bridgehead atoms. The highest BCUT2D eigenvalue weighted by molar-refractivity contribution is 7.18. The number of H-pyrrole nitrogens is 1. The Morgan fingerprint density at radius 1 is 1.21 bits per heavy atom. The number of thiophene rings is 1. The highest BCUT2D eigenvalue weighted by Gasteiger charge is 2.19. The maximum absolute atomic E-state index is 12.4. The van der Waals surface area contributed by atoms with E-state index in [4.69, 9.17) is 9.47 Å². The van der Waals surface area contributed by atoms with Gasteiger partial charge in [0.05, 0.1) is 5.39 Å². The maximum Gasteiger partial charge on any atom is 0.344 e. The summed E-state index contributed by atoms with van der Waals surface area (Å²) in [6.07, 6.45) is -0.684. The average Bonchev–Trinajstić information content (AvgIpc) is 2.94. The minimum atomic E-state index is -0.684. The number of fused-ring (bicyclic) bond motifs is 1. The first-order valence-corrected chi connectivity index (χ1v) is 10.0. The number of carbonyl (C=O) groups is 1. The second-order valence-electron chi connectivity index (χ2n) is 7.03. The normalized spacial score (nSPS) is 12.4. The summed E-state index contributed by atoms with van der Waals surface area (Å²) in [5, 5.41) is 0.596. The number of nitrogens with zero attached hydrogens (tertiary/aromatic N) is 1. The van der Waals surface area contributed by atoms with E-state index in [1.807, 2.05) is 38.1 Å². The Kier molecular flexibility index (Phi) is 5.84. The monoisotopic (exact) mass is 400 g/mol. The van der Waals surface area contributed by atoms with Crippen molar-refractivity contribution in [1.82, 2.24) is 9.97 Å². The number of para-hydroxylation sites is 1. The van der Waals surface area contributed by atoms with Crippen molar-refractivity contribution in [3.8, 4) is 5.75 Å². The van der Waals surface area contributed by atoms with E-state index in [0.29, 0.717) is 21.8 Å². The van der Waals surface area contributed by atoms with Gasteiger partial charge in [0.1, 0.15) is 10.6 Å². The number of ether oxygens (including phenoxy) is 2. The van der Waals surface area contributed by atoms with Gasteiger partial charge in [-0.2, -0.15) is 0 Å². The van der Waals surface area contributed by atoms with Gasteiger partial charge in [-0.1, -0.05) is 32.0 Å². The van der Waals surface area contributed by atoms with Crippen LogP contribution in [0.5, 0.6) is 5.75 Å². The van der Waals surface area contributed by atoms with Crippen LogP contribution in [0.3, 0.4) is 0 Å². The molecule has 0 spiro atoms. The van der Waals surface area contributed by atoms with Gasteiger partial charge in [0.25, 0.3) is 5.56 Å². The minimum Gasteiger partial charge on any atom is -0.482 e. The van der Waals surface area contributed by atoms with E-state index in [9.17, 15) is 9.59 Å². The van der Waals surface area contributed by atoms with Crippen LogP contribution in [0.2, 0.25) is 0 Å². The van der Waals surface area contributed by atoms with Gasteiger partial charge in [0, 0.05) is 4.88 Å². The molecule has 0 saturated carbocycles. The van der Waals surface area contributed by atoms with Crippen LogP contribution in [-0.4, -0.2) is 22.5 Å². The number of aryl methyl sites for hydroxylation is 2. The maximum atomic E-state index is 12.4. The Morgan fingerprint density at radius 2 is 1.93 bits per heavy atom. The van der Waals surface area contributed by atoms with Crippen molar-refractivity contribution < 1.29 is 14.3 Å². The fourth-order valence-corrected chi connectivity index (χ4v) is 4.01. The lowest BCUT2D eigenvalue weighted by atomic mass is 10.0. The lowest BCUT2D eigenvalue weighted by Gasteiger charge is -2.15. The molecule has 0 amide bonds. The van der Waals surface area contributed by atoms with E-state index in [-0.39, 0.29) is 18.1 Å². The highest BCUT2D eigenvalue weighted by Crippen LogP contribution is 2.27. The van der Waals surface area contributed by atoms with E-state index < -0.39 is 12.1 Å². The number of rotatable bonds is 6. The molecule has 2 heterocycles. The van der Waals surface area contributed by atoms with Crippen molar-refractivity contribution in [3.63, 3.8) is 0 Å². The lowest BCUT2D eigenvalue weighted by molar-refractivity contribution is -0.151. The van der Waals surface area contributed by atoms with Crippen LogP contribution < -0.4 is 10.3 Å². The molecule has 0 radical (unpaired) electrons. The third kappa shape index (κ3) is 4.09. The molecule has 0 unspecified atom stereocenters. The molecule has 7 heteroatoms. The predicted octanol–water partition coefficient (Wildman–Crippen LogP) is 4.41. The van der Waals surface area contributed by atoms with Gasteiger partial charge in [-0.3, -0.25) is 4.79 Å². The smallest absolute Gasteiger partial charge is 0.344 e. The molecule has 0 saturated heterocycles. The summed E-state index contributed by atoms with van der Waals surface area (Å²) in [4.78, 5) is 33.5. The molecule has 1 atom stereocenters. The van der Waals surface area contributed by atoms with Crippen molar-refractivity contribution >= 4 is 27.5 Å². The number of benzene rings is 1. The van der Waals surface area contributed by atoms with E-state index in [0.717, 1.165) is 16.0 Å². The lowest BCUT2D eigenvalue weighted by Crippen LogP contribution is -2.20. The Bertz CT molecular complexity index is 1070. The summed E-state index contributed by atoms with van der Waals surface area (Å²) in [6.45, 7) is 9.45. The van der Waals surface area contributed by atoms with Gasteiger partial charge in [0.2, 0.25) is 0 Å². The quantitative estimate of drug-likeness (QED) is 0.620. The van der Waals surface area contributed by atoms with Gasteiger partial charge in [-0.15, -0.1) is 11.3 Å². The van der Waals surface area contributed by atoms with Gasteiger partial charge in [-0.05, 0) is 43.9 Å². The summed E-state index contributed by atoms with van der Waals surface area (Å²) < 4.78 is 11.1. The van der Waals surface area contributed by atoms with Crippen LogP contribution >= 0.6 is 11.3 Å². The molecule has 6 nitrogen and oxygen atoms in total. The van der Waals surface area contributed by atoms with Crippen molar-refractivity contribution in [2.45, 2.75) is 46.6 Å². The molecule has 0 aliphatic rings. The Morgan fingerprint density at radius 3 is 2.64 bits per heavy atom. The van der Waals surface area contributed by atoms with Crippen LogP contribution in [0.4, 0.5) is 0 Å². The number of hydrogen-bond acceptors (Lipinski definition) is 6. The Hall–Kier alpha value is -2.67. The number of nitrogens with one attached hydrogen (secondary N) is 1. The van der Waals surface area contributed by atoms with Crippen molar-refractivity contribution in [2.75, 3.05) is 6.61 Å². The van der Waals surface area contributed by atoms with Crippen LogP contribution in [0.25, 0.3) is 10.2 Å². The summed E-state index contributed by atoms with van der Waals surface area (Å²) in [5.41, 5.74) is 1.75. The summed E-state index contributed by atoms with van der Waals surface area (Å²) >= 11 is 1.46. The van der Waals surface area contributed by atoms with E-state index >= 15 is 0 Å². The van der Waals surface area contributed by atoms with Crippen LogP contribution in [-0.2, 0) is 9.53 Å². The molecule has 148 valence electrons. The van der Waals surface area contributed by atoms with Crippen molar-refractivity contribution in [1.29, 1.82) is 0 Å². The molecular formula is C21H24N2O4S. The zero-order valence-electron chi connectivity index (χ0n) is 16.7. The first kappa shape index (κ1) is 20.1. The first-order valence-electron chi connectivity index (χ1n) is 9.19. The SMILES string of the molecule is Cc1sc2nc([C@@H](C)OC(=O)COc3ccccc3C(C)C)[nH]c(=O)c2c1C. The first-order chi connectivity index (χ1) is 13.3. The molecule has 2 aromatic heterocycles. The Balaban J connectivity index is 1.70. The number of hydrogen-bond donors (Lipinski definition) is 1. The van der Waals surface area contributed by atoms with E-state index in [2.05, 4.69) is 23.8 Å². The van der Waals surface area contributed by atoms with Crippen molar-refractivity contribution in [3.05, 3.63) is 56.4 Å². The van der Waals surface area contributed by atoms with E-state index in [1.165, 1.54) is 11.3 Å². The third-order valence-electron chi connectivity index (χ3n) is 4.64. The minimum absolute atomic E-state index is 0.211. The molecule has 1 N–H and O–H groups in total. The van der Waals surface area contributed by atoms with Crippen LogP contribution in [0.1, 0.15) is 54.6 Å². The zero-order chi connectivity index (χ0) is 20.4. The second kappa shape index (κ2) is 8.14. The third-order valence-corrected chi connectivity index (χ3v) is 5.74. The zero-order valence-corrected chi connectivity index (χ0v) is 17.5. The molecule has 0 aliphatic carbocycles. The van der Waals surface area contributed by atoms with Gasteiger partial charge >= 0.3 is 5.97 Å². The number of aromatic nitrogens is 2. The van der Waals surface area contributed by atoms with Crippen LogP contribution in [0, 0.1) is 13.8 Å². The number of aromatic amines is 1. The fraction of sp³-hybridized carbons (Fsp3) is 0.381. The summed E-state index contributed by atoms with van der Waals surface area (Å²) in [6, 6.07) is 7.61. The molecule has 0 aliphatic heterocycles. The number of carbonyl (C=O) groups excluding carboxylic acids is 1. The fourth-order valence-electron chi connectivity index (χ4n) is 2.98. The molecule has 0 fully saturated rings. The van der Waals surface area contributed by atoms with Gasteiger partial charge in [0.15, 0.2) is 18.5 Å². The van der Waals surface area contributed by atoms with E-state index in [1.54, 1.807) is 6.92 Å². The summed E-state index contributed by atoms with van der Waals surface area (Å²) in [7, 11) is 0. The second-order valence-corrected chi connectivity index (χ2v) is 8.23. The van der Waals surface area contributed by atoms with Gasteiger partial charge < -0.3 is 14.5 Å². The topological polar surface area (TPSA) is 81.3 Å². The summed E-state index contributed by atoms with van der Waals surface area (Å²) in [5.74, 6) is 0.756. The van der Waals surface area contributed by atoms with Gasteiger partial charge in [-0.25, -0.2) is 9.78 Å². The average molecular weight is 401 g/mol.